The molecule has 1 amide bonds. The molecule has 3 rings (SSSR count). The van der Waals surface area contributed by atoms with Gasteiger partial charge in [-0.3, -0.25) is 14.9 Å². The number of fused-ring (bicyclic) bond motifs is 1. The Morgan fingerprint density at radius 1 is 1.38 bits per heavy atom. The Morgan fingerprint density at radius 2 is 2.12 bits per heavy atom. The number of hydrogen-bond acceptors (Lipinski definition) is 5. The van der Waals surface area contributed by atoms with Crippen LogP contribution >= 0.6 is 11.3 Å². The number of aryl methyl sites for hydroxylation is 3. The lowest BCUT2D eigenvalue weighted by Crippen LogP contribution is -2.27. The zero-order valence-corrected chi connectivity index (χ0v) is 14.5. The van der Waals surface area contributed by atoms with Gasteiger partial charge in [-0.1, -0.05) is 12.1 Å². The molecule has 2 aromatic rings. The number of nitrogens with one attached hydrogen (secondary N) is 1. The summed E-state index contributed by atoms with van der Waals surface area (Å²) in [7, 11) is 0. The molecule has 1 N–H and O–H groups in total. The average Bonchev–Trinajstić information content (AvgIpc) is 2.98. The smallest absolute Gasteiger partial charge is 0.285 e. The summed E-state index contributed by atoms with van der Waals surface area (Å²) in [6.45, 7) is 3.50. The van der Waals surface area contributed by atoms with Crippen molar-refractivity contribution in [1.29, 1.82) is 0 Å². The summed E-state index contributed by atoms with van der Waals surface area (Å²) in [6.07, 6.45) is 4.39. The van der Waals surface area contributed by atoms with Crippen molar-refractivity contribution in [1.82, 2.24) is 10.3 Å². The maximum atomic E-state index is 12.5. The predicted octanol–water partition coefficient (Wildman–Crippen LogP) is 3.73. The first-order valence-corrected chi connectivity index (χ1v) is 8.82. The number of hydrogen-bond donors (Lipinski definition) is 1. The zero-order chi connectivity index (χ0) is 17.3. The molecule has 0 saturated carbocycles. The Hall–Kier alpha value is -2.28. The topological polar surface area (TPSA) is 85.1 Å². The third-order valence-corrected chi connectivity index (χ3v) is 5.59. The fourth-order valence-electron chi connectivity index (χ4n) is 2.98. The molecule has 1 aromatic heterocycles. The SMILES string of the molecule is Cc1cccc(C(=O)NC(C)c2nc3c(s2)CCCC3)c1[N+](=O)[O-]. The number of amides is 1. The van der Waals surface area contributed by atoms with Crippen molar-refractivity contribution in [3.8, 4) is 0 Å². The molecular weight excluding hydrogens is 326 g/mol. The molecule has 1 aliphatic carbocycles. The Labute approximate surface area is 144 Å². The molecule has 126 valence electrons. The van der Waals surface area contributed by atoms with E-state index in [1.807, 2.05) is 6.92 Å². The van der Waals surface area contributed by atoms with Crippen molar-refractivity contribution in [2.75, 3.05) is 0 Å². The zero-order valence-electron chi connectivity index (χ0n) is 13.7. The second-order valence-electron chi connectivity index (χ2n) is 6.05. The van der Waals surface area contributed by atoms with Gasteiger partial charge in [-0.05, 0) is 45.6 Å². The minimum Gasteiger partial charge on any atom is -0.343 e. The summed E-state index contributed by atoms with van der Waals surface area (Å²) in [5.74, 6) is -0.439. The summed E-state index contributed by atoms with van der Waals surface area (Å²) in [5, 5.41) is 15.0. The first kappa shape index (κ1) is 16.6. The number of benzene rings is 1. The van der Waals surface area contributed by atoms with Gasteiger partial charge < -0.3 is 5.32 Å². The predicted molar refractivity (Wildman–Crippen MR) is 92.5 cm³/mol. The van der Waals surface area contributed by atoms with Gasteiger partial charge in [0.25, 0.3) is 11.6 Å². The Morgan fingerprint density at radius 3 is 2.83 bits per heavy atom. The molecule has 0 saturated heterocycles. The molecule has 0 fully saturated rings. The molecule has 1 unspecified atom stereocenters. The highest BCUT2D eigenvalue weighted by atomic mass is 32.1. The molecule has 0 bridgehead atoms. The Bertz CT molecular complexity index is 777. The lowest BCUT2D eigenvalue weighted by molar-refractivity contribution is -0.385. The highest BCUT2D eigenvalue weighted by Crippen LogP contribution is 2.30. The summed E-state index contributed by atoms with van der Waals surface area (Å²) in [6, 6.07) is 4.50. The van der Waals surface area contributed by atoms with Gasteiger partial charge in [0, 0.05) is 10.4 Å². The van der Waals surface area contributed by atoms with Gasteiger partial charge in [0.2, 0.25) is 0 Å². The lowest BCUT2D eigenvalue weighted by atomic mass is 10.0. The van der Waals surface area contributed by atoms with E-state index < -0.39 is 10.8 Å². The monoisotopic (exact) mass is 345 g/mol. The van der Waals surface area contributed by atoms with Crippen molar-refractivity contribution in [2.24, 2.45) is 0 Å². The Balaban J connectivity index is 1.81. The number of nitrogens with zero attached hydrogens (tertiary/aromatic N) is 2. The molecule has 1 heterocycles. The second kappa shape index (κ2) is 6.68. The fourth-order valence-corrected chi connectivity index (χ4v) is 4.13. The Kier molecular flexibility index (Phi) is 4.62. The second-order valence-corrected chi connectivity index (χ2v) is 7.17. The minimum absolute atomic E-state index is 0.0909. The van der Waals surface area contributed by atoms with Gasteiger partial charge in [0.15, 0.2) is 0 Å². The van der Waals surface area contributed by atoms with Crippen LogP contribution in [0.4, 0.5) is 5.69 Å². The lowest BCUT2D eigenvalue weighted by Gasteiger charge is -2.12. The molecule has 24 heavy (non-hydrogen) atoms. The molecule has 1 atom stereocenters. The van der Waals surface area contributed by atoms with Crippen LogP contribution < -0.4 is 5.32 Å². The van der Waals surface area contributed by atoms with Crippen molar-refractivity contribution in [3.05, 3.63) is 55.0 Å². The third-order valence-electron chi connectivity index (χ3n) is 4.25. The number of aromatic nitrogens is 1. The summed E-state index contributed by atoms with van der Waals surface area (Å²) < 4.78 is 0. The van der Waals surface area contributed by atoms with Gasteiger partial charge in [0.05, 0.1) is 16.7 Å². The highest BCUT2D eigenvalue weighted by molar-refractivity contribution is 7.11. The molecular formula is C17H19N3O3S. The molecule has 7 heteroatoms. The number of para-hydroxylation sites is 1. The largest absolute Gasteiger partial charge is 0.343 e. The number of carbonyl (C=O) groups excluding carboxylic acids is 1. The van der Waals surface area contributed by atoms with E-state index in [-0.39, 0.29) is 17.3 Å². The summed E-state index contributed by atoms with van der Waals surface area (Å²) >= 11 is 1.63. The molecule has 0 aliphatic heterocycles. The standard InChI is InChI=1S/C17H19N3O3S/c1-10-6-5-7-12(15(10)20(22)23)16(21)18-11(2)17-19-13-8-3-4-9-14(13)24-17/h5-7,11H,3-4,8-9H2,1-2H3,(H,18,21). The van der Waals surface area contributed by atoms with E-state index in [0.717, 1.165) is 30.0 Å². The number of nitro groups is 1. The van der Waals surface area contributed by atoms with Gasteiger partial charge in [-0.15, -0.1) is 11.3 Å². The van der Waals surface area contributed by atoms with Gasteiger partial charge >= 0.3 is 0 Å². The van der Waals surface area contributed by atoms with Gasteiger partial charge in [0.1, 0.15) is 10.6 Å². The van der Waals surface area contributed by atoms with E-state index >= 15 is 0 Å². The van der Waals surface area contributed by atoms with Gasteiger partial charge in [-0.2, -0.15) is 0 Å². The third kappa shape index (κ3) is 3.17. The number of carbonyl (C=O) groups is 1. The van der Waals surface area contributed by atoms with E-state index in [1.165, 1.54) is 17.4 Å². The first-order chi connectivity index (χ1) is 11.5. The van der Waals surface area contributed by atoms with Crippen LogP contribution in [0.3, 0.4) is 0 Å². The molecule has 0 spiro atoms. The fraction of sp³-hybridized carbons (Fsp3) is 0.412. The van der Waals surface area contributed by atoms with Crippen LogP contribution in [0.5, 0.6) is 0 Å². The molecule has 0 radical (unpaired) electrons. The number of thiazole rings is 1. The highest BCUT2D eigenvalue weighted by Gasteiger charge is 2.25. The quantitative estimate of drug-likeness (QED) is 0.676. The van der Waals surface area contributed by atoms with Crippen molar-refractivity contribution >= 4 is 22.9 Å². The molecule has 1 aromatic carbocycles. The summed E-state index contributed by atoms with van der Waals surface area (Å²) in [5.41, 5.74) is 1.57. The van der Waals surface area contributed by atoms with Crippen LogP contribution in [0.25, 0.3) is 0 Å². The van der Waals surface area contributed by atoms with Crippen LogP contribution in [0.15, 0.2) is 18.2 Å². The normalized spacial score (nSPS) is 14.8. The van der Waals surface area contributed by atoms with Crippen LogP contribution in [0.1, 0.15) is 57.3 Å². The van der Waals surface area contributed by atoms with Crippen LogP contribution in [-0.2, 0) is 12.8 Å². The van der Waals surface area contributed by atoms with E-state index in [1.54, 1.807) is 30.4 Å². The maximum Gasteiger partial charge on any atom is 0.285 e. The van der Waals surface area contributed by atoms with Gasteiger partial charge in [-0.25, -0.2) is 4.98 Å². The average molecular weight is 345 g/mol. The number of rotatable bonds is 4. The maximum absolute atomic E-state index is 12.5. The van der Waals surface area contributed by atoms with Crippen LogP contribution in [0, 0.1) is 17.0 Å². The summed E-state index contributed by atoms with van der Waals surface area (Å²) in [4.78, 5) is 29.2. The first-order valence-electron chi connectivity index (χ1n) is 8.00. The van der Waals surface area contributed by atoms with E-state index in [0.29, 0.717) is 5.56 Å². The molecule has 1 aliphatic rings. The van der Waals surface area contributed by atoms with Crippen molar-refractivity contribution < 1.29 is 9.72 Å². The van der Waals surface area contributed by atoms with Crippen molar-refractivity contribution in [3.63, 3.8) is 0 Å². The van der Waals surface area contributed by atoms with E-state index in [2.05, 4.69) is 10.3 Å². The molecule has 6 nitrogen and oxygen atoms in total. The minimum atomic E-state index is -0.503. The van der Waals surface area contributed by atoms with E-state index in [4.69, 9.17) is 0 Å². The van der Waals surface area contributed by atoms with Crippen LogP contribution in [-0.4, -0.2) is 15.8 Å². The van der Waals surface area contributed by atoms with E-state index in [9.17, 15) is 14.9 Å². The van der Waals surface area contributed by atoms with Crippen LogP contribution in [0.2, 0.25) is 0 Å². The van der Waals surface area contributed by atoms with Crippen molar-refractivity contribution in [2.45, 2.75) is 45.6 Å². The number of nitro benzene ring substituents is 1.